The van der Waals surface area contributed by atoms with E-state index in [1.54, 1.807) is 0 Å². The minimum atomic E-state index is -0.750. The Hall–Kier alpha value is -1.36. The van der Waals surface area contributed by atoms with E-state index < -0.39 is 11.4 Å². The molecule has 1 aromatic carbocycles. The fraction of sp³-hybridized carbons (Fsp3) is 0.500. The lowest BCUT2D eigenvalue weighted by atomic mass is 9.94. The van der Waals surface area contributed by atoms with Gasteiger partial charge in [0.1, 0.15) is 0 Å². The van der Waals surface area contributed by atoms with Crippen LogP contribution in [0.5, 0.6) is 0 Å². The van der Waals surface area contributed by atoms with Crippen LogP contribution in [0.25, 0.3) is 0 Å². The van der Waals surface area contributed by atoms with Crippen LogP contribution < -0.4 is 5.32 Å². The zero-order valence-corrected chi connectivity index (χ0v) is 13.2. The first-order chi connectivity index (χ1) is 10.0. The summed E-state index contributed by atoms with van der Waals surface area (Å²) in [5, 5.41) is 12.1. The summed E-state index contributed by atoms with van der Waals surface area (Å²) in [7, 11) is 0. The molecule has 2 N–H and O–H groups in total. The number of halogens is 1. The summed E-state index contributed by atoms with van der Waals surface area (Å²) < 4.78 is 0.978. The average molecular weight is 352 g/mol. The van der Waals surface area contributed by atoms with Crippen LogP contribution in [0.4, 0.5) is 0 Å². The molecule has 0 saturated heterocycles. The maximum absolute atomic E-state index is 12.6. The lowest BCUT2D eigenvalue weighted by Crippen LogP contribution is -2.40. The van der Waals surface area contributed by atoms with Crippen LogP contribution in [0, 0.1) is 5.92 Å². The summed E-state index contributed by atoms with van der Waals surface area (Å²) in [4.78, 5) is 23.6. The lowest BCUT2D eigenvalue weighted by Gasteiger charge is -2.20. The highest BCUT2D eigenvalue weighted by molar-refractivity contribution is 9.10. The number of benzene rings is 1. The van der Waals surface area contributed by atoms with E-state index in [0.29, 0.717) is 12.8 Å². The monoisotopic (exact) mass is 351 g/mol. The van der Waals surface area contributed by atoms with Crippen molar-refractivity contribution in [2.24, 2.45) is 5.92 Å². The molecule has 0 bridgehead atoms. The molecule has 0 unspecified atom stereocenters. The molecule has 2 aliphatic rings. The summed E-state index contributed by atoms with van der Waals surface area (Å²) in [6.45, 7) is 0. The molecule has 2 atom stereocenters. The van der Waals surface area contributed by atoms with Crippen LogP contribution in [-0.2, 0) is 15.0 Å². The summed E-state index contributed by atoms with van der Waals surface area (Å²) >= 11 is 3.45. The van der Waals surface area contributed by atoms with Gasteiger partial charge in [0, 0.05) is 10.5 Å². The first-order valence-corrected chi connectivity index (χ1v) is 8.10. The molecule has 112 valence electrons. The number of carbonyl (C=O) groups is 2. The van der Waals surface area contributed by atoms with Crippen molar-refractivity contribution in [2.75, 3.05) is 0 Å². The second-order valence-corrected chi connectivity index (χ2v) is 7.03. The Morgan fingerprint density at radius 3 is 2.62 bits per heavy atom. The van der Waals surface area contributed by atoms with Gasteiger partial charge in [-0.15, -0.1) is 0 Å². The van der Waals surface area contributed by atoms with Gasteiger partial charge in [0.15, 0.2) is 0 Å². The number of nitrogens with one attached hydrogen (secondary N) is 1. The second-order valence-electron chi connectivity index (χ2n) is 6.11. The van der Waals surface area contributed by atoms with E-state index in [0.717, 1.165) is 29.3 Å². The zero-order chi connectivity index (χ0) is 15.0. The van der Waals surface area contributed by atoms with E-state index >= 15 is 0 Å². The highest BCUT2D eigenvalue weighted by Crippen LogP contribution is 2.49. The minimum absolute atomic E-state index is 0.00299. The van der Waals surface area contributed by atoms with Crippen molar-refractivity contribution >= 4 is 27.8 Å². The highest BCUT2D eigenvalue weighted by atomic mass is 79.9. The van der Waals surface area contributed by atoms with Gasteiger partial charge in [0.25, 0.3) is 0 Å². The van der Waals surface area contributed by atoms with Gasteiger partial charge in [0.2, 0.25) is 5.91 Å². The summed E-state index contributed by atoms with van der Waals surface area (Å²) in [6.07, 6.45) is 3.70. The molecule has 2 aliphatic carbocycles. The van der Waals surface area contributed by atoms with Crippen LogP contribution in [-0.4, -0.2) is 23.0 Å². The average Bonchev–Trinajstić information content (AvgIpc) is 3.13. The lowest BCUT2D eigenvalue weighted by molar-refractivity contribution is -0.141. The maximum Gasteiger partial charge on any atom is 0.306 e. The molecule has 3 rings (SSSR count). The van der Waals surface area contributed by atoms with E-state index in [1.807, 2.05) is 24.3 Å². The number of carbonyl (C=O) groups excluding carboxylic acids is 1. The first-order valence-electron chi connectivity index (χ1n) is 7.31. The number of aliphatic carboxylic acids is 1. The summed E-state index contributed by atoms with van der Waals surface area (Å²) in [5.74, 6) is -1.01. The van der Waals surface area contributed by atoms with Gasteiger partial charge in [-0.2, -0.15) is 0 Å². The molecule has 2 saturated carbocycles. The standard InChI is InChI=1S/C16H18BrNO3/c17-12-3-1-2-11(9-12)16(6-7-16)15(21)18-13-5-4-10(8-13)14(19)20/h1-3,9-10,13H,4-8H2,(H,18,21)(H,19,20)/t10-,13+/m1/s1. The first kappa shape index (κ1) is 14.6. The van der Waals surface area contributed by atoms with Gasteiger partial charge in [-0.3, -0.25) is 9.59 Å². The van der Waals surface area contributed by atoms with Gasteiger partial charge in [0.05, 0.1) is 11.3 Å². The molecule has 1 aromatic rings. The third-order valence-electron chi connectivity index (χ3n) is 4.68. The molecule has 0 aliphatic heterocycles. The van der Waals surface area contributed by atoms with Gasteiger partial charge >= 0.3 is 5.97 Å². The van der Waals surface area contributed by atoms with Gasteiger partial charge in [-0.1, -0.05) is 28.1 Å². The Bertz CT molecular complexity index is 583. The largest absolute Gasteiger partial charge is 0.481 e. The number of carboxylic acids is 1. The molecule has 0 heterocycles. The minimum Gasteiger partial charge on any atom is -0.481 e. The van der Waals surface area contributed by atoms with Crippen LogP contribution >= 0.6 is 15.9 Å². The van der Waals surface area contributed by atoms with Crippen LogP contribution in [0.15, 0.2) is 28.7 Å². The number of hydrogen-bond acceptors (Lipinski definition) is 2. The predicted octanol–water partition coefficient (Wildman–Crippen LogP) is 2.85. The van der Waals surface area contributed by atoms with Crippen molar-refractivity contribution in [3.05, 3.63) is 34.3 Å². The molecule has 0 aromatic heterocycles. The Kier molecular flexibility index (Phi) is 3.78. The highest BCUT2D eigenvalue weighted by Gasteiger charge is 2.52. The fourth-order valence-electron chi connectivity index (χ4n) is 3.22. The molecule has 4 nitrogen and oxygen atoms in total. The Morgan fingerprint density at radius 2 is 2.05 bits per heavy atom. The van der Waals surface area contributed by atoms with E-state index in [9.17, 15) is 9.59 Å². The zero-order valence-electron chi connectivity index (χ0n) is 11.6. The van der Waals surface area contributed by atoms with Crippen molar-refractivity contribution < 1.29 is 14.7 Å². The Morgan fingerprint density at radius 1 is 1.29 bits per heavy atom. The van der Waals surface area contributed by atoms with Crippen molar-refractivity contribution in [3.8, 4) is 0 Å². The van der Waals surface area contributed by atoms with Gasteiger partial charge in [-0.05, 0) is 49.8 Å². The van der Waals surface area contributed by atoms with E-state index in [-0.39, 0.29) is 17.9 Å². The summed E-state index contributed by atoms with van der Waals surface area (Å²) in [5.41, 5.74) is 0.646. The molecule has 0 radical (unpaired) electrons. The molecule has 0 spiro atoms. The quantitative estimate of drug-likeness (QED) is 0.876. The maximum atomic E-state index is 12.6. The van der Waals surface area contributed by atoms with Crippen molar-refractivity contribution in [3.63, 3.8) is 0 Å². The van der Waals surface area contributed by atoms with E-state index in [1.165, 1.54) is 0 Å². The SMILES string of the molecule is O=C(O)[C@@H]1CC[C@H](NC(=O)C2(c3cccc(Br)c3)CC2)C1. The third-order valence-corrected chi connectivity index (χ3v) is 5.17. The van der Waals surface area contributed by atoms with Crippen LogP contribution in [0.1, 0.15) is 37.7 Å². The van der Waals surface area contributed by atoms with Crippen molar-refractivity contribution in [1.29, 1.82) is 0 Å². The number of amides is 1. The van der Waals surface area contributed by atoms with Gasteiger partial charge in [-0.25, -0.2) is 0 Å². The molecule has 21 heavy (non-hydrogen) atoms. The molecule has 5 heteroatoms. The Labute approximate surface area is 132 Å². The Balaban J connectivity index is 1.67. The third kappa shape index (κ3) is 2.84. The van der Waals surface area contributed by atoms with Gasteiger partial charge < -0.3 is 10.4 Å². The normalized spacial score (nSPS) is 26.3. The number of hydrogen-bond donors (Lipinski definition) is 2. The number of rotatable bonds is 4. The molecule has 1 amide bonds. The number of carboxylic acid groups (broad SMARTS) is 1. The topological polar surface area (TPSA) is 66.4 Å². The van der Waals surface area contributed by atoms with E-state index in [4.69, 9.17) is 5.11 Å². The fourth-order valence-corrected chi connectivity index (χ4v) is 3.62. The van der Waals surface area contributed by atoms with Crippen molar-refractivity contribution in [2.45, 2.75) is 43.6 Å². The molecular formula is C16H18BrNO3. The summed E-state index contributed by atoms with van der Waals surface area (Å²) in [6, 6.07) is 7.89. The van der Waals surface area contributed by atoms with Crippen molar-refractivity contribution in [1.82, 2.24) is 5.32 Å². The van der Waals surface area contributed by atoms with Crippen LogP contribution in [0.3, 0.4) is 0 Å². The molecular weight excluding hydrogens is 334 g/mol. The second kappa shape index (κ2) is 5.44. The predicted molar refractivity (Wildman–Crippen MR) is 82.0 cm³/mol. The van der Waals surface area contributed by atoms with E-state index in [2.05, 4.69) is 21.2 Å². The van der Waals surface area contributed by atoms with Crippen LogP contribution in [0.2, 0.25) is 0 Å². The molecule has 2 fully saturated rings. The smallest absolute Gasteiger partial charge is 0.306 e.